The Kier molecular flexibility index (Phi) is 5.18. The van der Waals surface area contributed by atoms with Crippen molar-refractivity contribution in [2.75, 3.05) is 13.1 Å². The molecule has 1 aliphatic rings. The van der Waals surface area contributed by atoms with E-state index in [4.69, 9.17) is 0 Å². The van der Waals surface area contributed by atoms with Crippen molar-refractivity contribution in [2.24, 2.45) is 5.92 Å². The van der Waals surface area contributed by atoms with Gasteiger partial charge in [-0.2, -0.15) is 0 Å². The van der Waals surface area contributed by atoms with Gasteiger partial charge in [0.2, 0.25) is 0 Å². The molecule has 1 aromatic carbocycles. The van der Waals surface area contributed by atoms with E-state index in [1.54, 1.807) is 11.3 Å². The molecule has 118 valence electrons. The molecule has 0 radical (unpaired) electrons. The van der Waals surface area contributed by atoms with Crippen LogP contribution in [-0.4, -0.2) is 39.4 Å². The maximum absolute atomic E-state index is 10.5. The number of hydrogen-bond donors (Lipinski definition) is 1. The second-order valence-corrected chi connectivity index (χ2v) is 7.35. The predicted molar refractivity (Wildman–Crippen MR) is 88.8 cm³/mol. The van der Waals surface area contributed by atoms with Crippen LogP contribution < -0.4 is 0 Å². The third kappa shape index (κ3) is 4.12. The Bertz CT molecular complexity index is 579. The summed E-state index contributed by atoms with van der Waals surface area (Å²) in [5, 5.41) is 20.9. The summed E-state index contributed by atoms with van der Waals surface area (Å²) < 4.78 is 0. The average Bonchev–Trinajstić information content (AvgIpc) is 2.94. The fourth-order valence-electron chi connectivity index (χ4n) is 3.11. The van der Waals surface area contributed by atoms with E-state index in [-0.39, 0.29) is 6.10 Å². The highest BCUT2D eigenvalue weighted by Crippen LogP contribution is 2.24. The SMILES string of the molecule is Cc1nnc(CN2CCC([C@@H](O)Cc3ccccc3)CC2)s1. The number of nitrogens with zero attached hydrogens (tertiary/aromatic N) is 3. The van der Waals surface area contributed by atoms with Crippen LogP contribution in [0.4, 0.5) is 0 Å². The quantitative estimate of drug-likeness (QED) is 0.921. The van der Waals surface area contributed by atoms with Crippen molar-refractivity contribution < 1.29 is 5.11 Å². The van der Waals surface area contributed by atoms with E-state index in [1.807, 2.05) is 25.1 Å². The number of benzene rings is 1. The molecule has 0 amide bonds. The average molecular weight is 317 g/mol. The number of likely N-dealkylation sites (tertiary alicyclic amines) is 1. The number of aliphatic hydroxyl groups excluding tert-OH is 1. The number of piperidine rings is 1. The number of hydrogen-bond acceptors (Lipinski definition) is 5. The van der Waals surface area contributed by atoms with E-state index >= 15 is 0 Å². The van der Waals surface area contributed by atoms with Gasteiger partial charge >= 0.3 is 0 Å². The summed E-state index contributed by atoms with van der Waals surface area (Å²) in [4.78, 5) is 2.42. The Balaban J connectivity index is 1.46. The summed E-state index contributed by atoms with van der Waals surface area (Å²) in [6, 6.07) is 10.3. The molecule has 1 aromatic heterocycles. The van der Waals surface area contributed by atoms with Gasteiger partial charge in [0.05, 0.1) is 12.6 Å². The summed E-state index contributed by atoms with van der Waals surface area (Å²) in [7, 11) is 0. The molecule has 1 aliphatic heterocycles. The molecule has 22 heavy (non-hydrogen) atoms. The second-order valence-electron chi connectivity index (χ2n) is 6.09. The van der Waals surface area contributed by atoms with Crippen molar-refractivity contribution >= 4 is 11.3 Å². The first-order valence-corrected chi connectivity index (χ1v) is 8.75. The van der Waals surface area contributed by atoms with Gasteiger partial charge < -0.3 is 5.11 Å². The first-order chi connectivity index (χ1) is 10.7. The molecule has 1 N–H and O–H groups in total. The van der Waals surface area contributed by atoms with E-state index in [2.05, 4.69) is 27.2 Å². The van der Waals surface area contributed by atoms with Crippen LogP contribution in [0.1, 0.15) is 28.4 Å². The third-order valence-electron chi connectivity index (χ3n) is 4.39. The van der Waals surface area contributed by atoms with Gasteiger partial charge in [-0.05, 0) is 50.8 Å². The van der Waals surface area contributed by atoms with Crippen molar-refractivity contribution in [3.8, 4) is 0 Å². The molecule has 0 saturated carbocycles. The van der Waals surface area contributed by atoms with Crippen LogP contribution in [0.15, 0.2) is 30.3 Å². The Morgan fingerprint density at radius 3 is 2.59 bits per heavy atom. The lowest BCUT2D eigenvalue weighted by Crippen LogP contribution is -2.38. The molecule has 0 aliphatic carbocycles. The van der Waals surface area contributed by atoms with Crippen molar-refractivity contribution in [1.29, 1.82) is 0 Å². The largest absolute Gasteiger partial charge is 0.392 e. The molecule has 2 heterocycles. The highest BCUT2D eigenvalue weighted by atomic mass is 32.1. The Morgan fingerprint density at radius 2 is 1.95 bits per heavy atom. The molecule has 1 saturated heterocycles. The molecule has 0 bridgehead atoms. The van der Waals surface area contributed by atoms with Crippen LogP contribution in [0.25, 0.3) is 0 Å². The van der Waals surface area contributed by atoms with Crippen molar-refractivity contribution in [3.05, 3.63) is 45.9 Å². The van der Waals surface area contributed by atoms with Gasteiger partial charge in [0.15, 0.2) is 0 Å². The van der Waals surface area contributed by atoms with Crippen LogP contribution in [0, 0.1) is 12.8 Å². The van der Waals surface area contributed by atoms with Gasteiger partial charge in [0.1, 0.15) is 10.0 Å². The summed E-state index contributed by atoms with van der Waals surface area (Å²) >= 11 is 1.68. The zero-order valence-corrected chi connectivity index (χ0v) is 13.8. The van der Waals surface area contributed by atoms with Gasteiger partial charge in [0.25, 0.3) is 0 Å². The molecule has 5 heteroatoms. The minimum absolute atomic E-state index is 0.228. The minimum Gasteiger partial charge on any atom is -0.392 e. The van der Waals surface area contributed by atoms with Crippen LogP contribution in [0.2, 0.25) is 0 Å². The third-order valence-corrected chi connectivity index (χ3v) is 5.21. The van der Waals surface area contributed by atoms with Gasteiger partial charge in [-0.25, -0.2) is 0 Å². The minimum atomic E-state index is -0.228. The maximum Gasteiger partial charge on any atom is 0.131 e. The Morgan fingerprint density at radius 1 is 1.23 bits per heavy atom. The monoisotopic (exact) mass is 317 g/mol. The van der Waals surface area contributed by atoms with Crippen LogP contribution in [-0.2, 0) is 13.0 Å². The molecule has 0 unspecified atom stereocenters. The van der Waals surface area contributed by atoms with Crippen molar-refractivity contribution in [3.63, 3.8) is 0 Å². The molecule has 4 nitrogen and oxygen atoms in total. The Labute approximate surface area is 135 Å². The van der Waals surface area contributed by atoms with Gasteiger partial charge in [-0.15, -0.1) is 21.5 Å². The lowest BCUT2D eigenvalue weighted by Gasteiger charge is -2.33. The molecule has 3 rings (SSSR count). The summed E-state index contributed by atoms with van der Waals surface area (Å²) in [6.45, 7) is 4.96. The van der Waals surface area contributed by atoms with E-state index in [0.717, 1.165) is 48.9 Å². The fourth-order valence-corrected chi connectivity index (χ4v) is 3.86. The van der Waals surface area contributed by atoms with Crippen molar-refractivity contribution in [1.82, 2.24) is 15.1 Å². The highest BCUT2D eigenvalue weighted by Gasteiger charge is 2.25. The van der Waals surface area contributed by atoms with E-state index < -0.39 is 0 Å². The number of aromatic nitrogens is 2. The highest BCUT2D eigenvalue weighted by molar-refractivity contribution is 7.11. The molecule has 1 atom stereocenters. The smallest absolute Gasteiger partial charge is 0.131 e. The Hall–Kier alpha value is -1.30. The number of aliphatic hydroxyl groups is 1. The zero-order chi connectivity index (χ0) is 15.4. The first kappa shape index (κ1) is 15.6. The lowest BCUT2D eigenvalue weighted by molar-refractivity contribution is 0.0575. The predicted octanol–water partition coefficient (Wildman–Crippen LogP) is 2.66. The summed E-state index contributed by atoms with van der Waals surface area (Å²) in [5.74, 6) is 0.410. The van der Waals surface area contributed by atoms with E-state index in [1.165, 1.54) is 5.56 Å². The van der Waals surface area contributed by atoms with Crippen LogP contribution >= 0.6 is 11.3 Å². The van der Waals surface area contributed by atoms with Crippen LogP contribution in [0.5, 0.6) is 0 Å². The molecule has 2 aromatic rings. The summed E-state index contributed by atoms with van der Waals surface area (Å²) in [5.41, 5.74) is 1.22. The topological polar surface area (TPSA) is 49.2 Å². The maximum atomic E-state index is 10.5. The molecular weight excluding hydrogens is 294 g/mol. The number of aryl methyl sites for hydroxylation is 1. The molecule has 0 spiro atoms. The van der Waals surface area contributed by atoms with Gasteiger partial charge in [-0.1, -0.05) is 30.3 Å². The summed E-state index contributed by atoms with van der Waals surface area (Å²) in [6.07, 6.45) is 2.66. The van der Waals surface area contributed by atoms with Crippen molar-refractivity contribution in [2.45, 2.75) is 38.8 Å². The lowest BCUT2D eigenvalue weighted by atomic mass is 9.88. The van der Waals surface area contributed by atoms with Gasteiger partial charge in [-0.3, -0.25) is 4.90 Å². The fraction of sp³-hybridized carbons (Fsp3) is 0.529. The standard InChI is InChI=1S/C17H23N3OS/c1-13-18-19-17(22-13)12-20-9-7-15(8-10-20)16(21)11-14-5-3-2-4-6-14/h2-6,15-16,21H,7-12H2,1H3/t16-/m0/s1. The van der Waals surface area contributed by atoms with Crippen LogP contribution in [0.3, 0.4) is 0 Å². The first-order valence-electron chi connectivity index (χ1n) is 7.94. The zero-order valence-electron chi connectivity index (χ0n) is 13.0. The second kappa shape index (κ2) is 7.31. The normalized spacial score (nSPS) is 18.5. The van der Waals surface area contributed by atoms with E-state index in [9.17, 15) is 5.11 Å². The van der Waals surface area contributed by atoms with E-state index in [0.29, 0.717) is 5.92 Å². The number of rotatable bonds is 5. The molecular formula is C17H23N3OS. The molecule has 1 fully saturated rings. The van der Waals surface area contributed by atoms with Gasteiger partial charge in [0, 0.05) is 0 Å².